The fourth-order valence-electron chi connectivity index (χ4n) is 3.04. The third-order valence-electron chi connectivity index (χ3n) is 4.16. The van der Waals surface area contributed by atoms with Crippen LogP contribution in [0.3, 0.4) is 0 Å². The van der Waals surface area contributed by atoms with Gasteiger partial charge in [-0.2, -0.15) is 0 Å². The van der Waals surface area contributed by atoms with E-state index in [9.17, 15) is 0 Å². The molecule has 0 amide bonds. The minimum Gasteiger partial charge on any atom is -0.361 e. The van der Waals surface area contributed by atoms with Gasteiger partial charge in [0.2, 0.25) is 0 Å². The van der Waals surface area contributed by atoms with Gasteiger partial charge in [-0.1, -0.05) is 30.6 Å². The molecule has 3 aromatic rings. The number of hydrogen-bond acceptors (Lipinski definition) is 2. The lowest BCUT2D eigenvalue weighted by atomic mass is 10.0. The smallest absolute Gasteiger partial charge is 0.141 e. The van der Waals surface area contributed by atoms with E-state index in [1.165, 1.54) is 34.9 Å². The van der Waals surface area contributed by atoms with Crippen molar-refractivity contribution < 1.29 is 4.52 Å². The molecule has 0 bridgehead atoms. The summed E-state index contributed by atoms with van der Waals surface area (Å²) in [7, 11) is 0. The Balaban J connectivity index is 2.14. The molecule has 1 aromatic carbocycles. The molecule has 110 valence electrons. The molecule has 0 unspecified atom stereocenters. The lowest BCUT2D eigenvalue weighted by Gasteiger charge is -2.06. The van der Waals surface area contributed by atoms with E-state index in [1.54, 1.807) is 0 Å². The number of rotatable bonds is 4. The van der Waals surface area contributed by atoms with Gasteiger partial charge in [0.1, 0.15) is 5.76 Å². The van der Waals surface area contributed by atoms with Crippen LogP contribution < -0.4 is 0 Å². The molecule has 0 atom stereocenters. The summed E-state index contributed by atoms with van der Waals surface area (Å²) in [6.45, 7) is 9.46. The summed E-state index contributed by atoms with van der Waals surface area (Å²) in [6, 6.07) is 6.66. The molecule has 2 aromatic heterocycles. The summed E-state index contributed by atoms with van der Waals surface area (Å²) in [6.07, 6.45) is 4.68. The Morgan fingerprint density at radius 1 is 1.19 bits per heavy atom. The van der Waals surface area contributed by atoms with Gasteiger partial charge in [0, 0.05) is 29.2 Å². The highest BCUT2D eigenvalue weighted by molar-refractivity contribution is 5.88. The van der Waals surface area contributed by atoms with Gasteiger partial charge in [-0.3, -0.25) is 0 Å². The van der Waals surface area contributed by atoms with Crippen LogP contribution in [0.2, 0.25) is 0 Å². The van der Waals surface area contributed by atoms with E-state index >= 15 is 0 Å². The first-order valence-electron chi connectivity index (χ1n) is 7.64. The minimum absolute atomic E-state index is 0.884. The molecule has 3 heteroatoms. The van der Waals surface area contributed by atoms with Crippen molar-refractivity contribution in [3.8, 4) is 11.1 Å². The van der Waals surface area contributed by atoms with Gasteiger partial charge in [-0.05, 0) is 44.4 Å². The second-order valence-corrected chi connectivity index (χ2v) is 5.79. The summed E-state index contributed by atoms with van der Waals surface area (Å²) in [5.41, 5.74) is 5.91. The van der Waals surface area contributed by atoms with Crippen molar-refractivity contribution >= 4 is 10.9 Å². The largest absolute Gasteiger partial charge is 0.361 e. The Hall–Kier alpha value is -2.03. The Morgan fingerprint density at radius 2 is 2.00 bits per heavy atom. The van der Waals surface area contributed by atoms with Crippen molar-refractivity contribution in [1.29, 1.82) is 0 Å². The van der Waals surface area contributed by atoms with Gasteiger partial charge in [0.05, 0.1) is 5.69 Å². The molecule has 3 rings (SSSR count). The molecular weight excluding hydrogens is 260 g/mol. The fourth-order valence-corrected chi connectivity index (χ4v) is 3.04. The molecule has 3 nitrogen and oxygen atoms in total. The maximum Gasteiger partial charge on any atom is 0.141 e. The molecule has 0 aliphatic heterocycles. The van der Waals surface area contributed by atoms with Gasteiger partial charge in [-0.25, -0.2) is 0 Å². The number of fused-ring (bicyclic) bond motifs is 1. The zero-order valence-electron chi connectivity index (χ0n) is 13.2. The predicted octanol–water partition coefficient (Wildman–Crippen LogP) is 5.02. The SMILES string of the molecule is CCCCn1cc(C)c2ccc(-c3c(C)noc3C)cc21. The average Bonchev–Trinajstić information content (AvgIpc) is 2.97. The van der Waals surface area contributed by atoms with Crippen LogP contribution in [-0.4, -0.2) is 9.72 Å². The van der Waals surface area contributed by atoms with E-state index in [4.69, 9.17) is 4.52 Å². The number of hydrogen-bond donors (Lipinski definition) is 0. The van der Waals surface area contributed by atoms with Crippen LogP contribution in [0.5, 0.6) is 0 Å². The molecule has 0 saturated carbocycles. The molecular formula is C18H22N2O. The van der Waals surface area contributed by atoms with Crippen LogP contribution in [0, 0.1) is 20.8 Å². The fraction of sp³-hybridized carbons (Fsp3) is 0.389. The molecule has 2 heterocycles. The molecule has 0 N–H and O–H groups in total. The third-order valence-corrected chi connectivity index (χ3v) is 4.16. The molecule has 0 saturated heterocycles. The lowest BCUT2D eigenvalue weighted by Crippen LogP contribution is -1.95. The molecule has 0 fully saturated rings. The quantitative estimate of drug-likeness (QED) is 0.672. The van der Waals surface area contributed by atoms with Crippen LogP contribution in [0.1, 0.15) is 36.8 Å². The Kier molecular flexibility index (Phi) is 3.58. The first-order chi connectivity index (χ1) is 10.1. The molecule has 0 radical (unpaired) electrons. The Bertz CT molecular complexity index is 760. The summed E-state index contributed by atoms with van der Waals surface area (Å²) >= 11 is 0. The van der Waals surface area contributed by atoms with Gasteiger partial charge in [0.15, 0.2) is 0 Å². The van der Waals surface area contributed by atoms with Gasteiger partial charge in [0.25, 0.3) is 0 Å². The third kappa shape index (κ3) is 2.37. The monoisotopic (exact) mass is 282 g/mol. The number of aromatic nitrogens is 2. The van der Waals surface area contributed by atoms with Crippen molar-refractivity contribution in [2.24, 2.45) is 0 Å². The number of aryl methyl sites for hydroxylation is 4. The van der Waals surface area contributed by atoms with Crippen molar-refractivity contribution in [2.75, 3.05) is 0 Å². The van der Waals surface area contributed by atoms with E-state index in [2.05, 4.69) is 48.0 Å². The first kappa shape index (κ1) is 13.9. The zero-order valence-corrected chi connectivity index (χ0v) is 13.2. The van der Waals surface area contributed by atoms with Crippen LogP contribution in [0.15, 0.2) is 28.9 Å². The summed E-state index contributed by atoms with van der Waals surface area (Å²) in [4.78, 5) is 0. The van der Waals surface area contributed by atoms with E-state index in [0.29, 0.717) is 0 Å². The average molecular weight is 282 g/mol. The summed E-state index contributed by atoms with van der Waals surface area (Å²) in [5.74, 6) is 0.884. The zero-order chi connectivity index (χ0) is 15.0. The van der Waals surface area contributed by atoms with Crippen LogP contribution in [-0.2, 0) is 6.54 Å². The van der Waals surface area contributed by atoms with Crippen LogP contribution in [0.4, 0.5) is 0 Å². The van der Waals surface area contributed by atoms with E-state index in [0.717, 1.165) is 23.6 Å². The topological polar surface area (TPSA) is 31.0 Å². The van der Waals surface area contributed by atoms with E-state index < -0.39 is 0 Å². The molecule has 0 aliphatic carbocycles. The van der Waals surface area contributed by atoms with Crippen LogP contribution in [0.25, 0.3) is 22.0 Å². The lowest BCUT2D eigenvalue weighted by molar-refractivity contribution is 0.393. The van der Waals surface area contributed by atoms with Crippen LogP contribution >= 0.6 is 0 Å². The Morgan fingerprint density at radius 3 is 2.67 bits per heavy atom. The number of nitrogens with zero attached hydrogens (tertiary/aromatic N) is 2. The second-order valence-electron chi connectivity index (χ2n) is 5.79. The van der Waals surface area contributed by atoms with Crippen molar-refractivity contribution in [3.63, 3.8) is 0 Å². The van der Waals surface area contributed by atoms with E-state index in [-0.39, 0.29) is 0 Å². The molecule has 0 spiro atoms. The van der Waals surface area contributed by atoms with Gasteiger partial charge >= 0.3 is 0 Å². The number of unbranched alkanes of at least 4 members (excludes halogenated alkanes) is 1. The maximum atomic E-state index is 5.31. The highest BCUT2D eigenvalue weighted by Crippen LogP contribution is 2.31. The standard InChI is InChI=1S/C18H22N2O/c1-5-6-9-20-11-12(2)16-8-7-15(10-17(16)20)18-13(3)19-21-14(18)4/h7-8,10-11H,5-6,9H2,1-4H3. The first-order valence-corrected chi connectivity index (χ1v) is 7.64. The normalized spacial score (nSPS) is 11.4. The van der Waals surface area contributed by atoms with Gasteiger partial charge < -0.3 is 9.09 Å². The second kappa shape index (κ2) is 5.40. The summed E-state index contributed by atoms with van der Waals surface area (Å²) < 4.78 is 7.68. The minimum atomic E-state index is 0.884. The summed E-state index contributed by atoms with van der Waals surface area (Å²) in [5, 5.41) is 5.40. The molecule has 0 aliphatic rings. The van der Waals surface area contributed by atoms with E-state index in [1.807, 2.05) is 13.8 Å². The highest BCUT2D eigenvalue weighted by atomic mass is 16.5. The van der Waals surface area contributed by atoms with Crippen molar-refractivity contribution in [1.82, 2.24) is 9.72 Å². The number of benzene rings is 1. The molecule has 21 heavy (non-hydrogen) atoms. The van der Waals surface area contributed by atoms with Crippen molar-refractivity contribution in [2.45, 2.75) is 47.1 Å². The van der Waals surface area contributed by atoms with Gasteiger partial charge in [-0.15, -0.1) is 0 Å². The maximum absolute atomic E-state index is 5.31. The highest BCUT2D eigenvalue weighted by Gasteiger charge is 2.13. The predicted molar refractivity (Wildman–Crippen MR) is 86.6 cm³/mol. The Labute approximate surface area is 125 Å². The van der Waals surface area contributed by atoms with Crippen molar-refractivity contribution in [3.05, 3.63) is 41.4 Å².